The molecule has 5 nitrogen and oxygen atoms in total. The topological polar surface area (TPSA) is 66.8 Å². The molecule has 5 atom stereocenters. The highest BCUT2D eigenvalue weighted by Gasteiger charge is 2.70. The van der Waals surface area contributed by atoms with E-state index in [1.807, 2.05) is 6.07 Å². The SMILES string of the molecule is CN(C)S(=O)(=O)Oc1ccc2c(c1)CCC1C2CC[C@@]2(C)[C@]13C=C[C@]2(O)CC3. The van der Waals surface area contributed by atoms with Gasteiger partial charge in [-0.15, -0.1) is 0 Å². The maximum Gasteiger partial charge on any atom is 0.384 e. The average molecular weight is 404 g/mol. The Bertz CT molecular complexity index is 971. The first-order valence-electron chi connectivity index (χ1n) is 10.3. The van der Waals surface area contributed by atoms with Crippen molar-refractivity contribution in [3.63, 3.8) is 0 Å². The summed E-state index contributed by atoms with van der Waals surface area (Å²) < 4.78 is 30.4. The number of fused-ring (bicyclic) bond motifs is 3. The Morgan fingerprint density at radius 2 is 1.93 bits per heavy atom. The lowest BCUT2D eigenvalue weighted by Crippen LogP contribution is -2.52. The van der Waals surface area contributed by atoms with Crippen LogP contribution < -0.4 is 4.18 Å². The number of benzene rings is 1. The Labute approximate surface area is 167 Å². The van der Waals surface area contributed by atoms with Crippen LogP contribution in [-0.4, -0.2) is 37.5 Å². The normalized spacial score (nSPS) is 40.9. The van der Waals surface area contributed by atoms with E-state index in [0.717, 1.165) is 42.8 Å². The molecule has 0 saturated heterocycles. The third kappa shape index (κ3) is 2.17. The zero-order chi connectivity index (χ0) is 19.9. The van der Waals surface area contributed by atoms with E-state index in [4.69, 9.17) is 4.18 Å². The second-order valence-electron chi connectivity index (χ2n) is 9.60. The second kappa shape index (κ2) is 5.61. The van der Waals surface area contributed by atoms with Crippen LogP contribution in [-0.2, 0) is 16.7 Å². The Balaban J connectivity index is 1.48. The minimum atomic E-state index is -3.74. The zero-order valence-electron chi connectivity index (χ0n) is 16.8. The first-order chi connectivity index (χ1) is 13.1. The van der Waals surface area contributed by atoms with Crippen LogP contribution in [0.5, 0.6) is 5.75 Å². The molecule has 2 bridgehead atoms. The molecule has 28 heavy (non-hydrogen) atoms. The highest BCUT2D eigenvalue weighted by Crippen LogP contribution is 2.74. The van der Waals surface area contributed by atoms with Gasteiger partial charge in [0.1, 0.15) is 5.75 Å². The van der Waals surface area contributed by atoms with Gasteiger partial charge in [0.25, 0.3) is 0 Å². The van der Waals surface area contributed by atoms with Gasteiger partial charge in [0.15, 0.2) is 0 Å². The Hall–Kier alpha value is -1.37. The second-order valence-corrected chi connectivity index (χ2v) is 11.4. The van der Waals surface area contributed by atoms with Crippen LogP contribution in [0.15, 0.2) is 30.4 Å². The van der Waals surface area contributed by atoms with E-state index < -0.39 is 15.9 Å². The summed E-state index contributed by atoms with van der Waals surface area (Å²) in [4.78, 5) is 0. The average Bonchev–Trinajstić information content (AvgIpc) is 3.02. The van der Waals surface area contributed by atoms with Gasteiger partial charge in [-0.05, 0) is 73.6 Å². The zero-order valence-corrected chi connectivity index (χ0v) is 17.6. The van der Waals surface area contributed by atoms with Crippen molar-refractivity contribution in [2.45, 2.75) is 57.0 Å². The van der Waals surface area contributed by atoms with Crippen molar-refractivity contribution < 1.29 is 17.7 Å². The molecule has 5 rings (SSSR count). The van der Waals surface area contributed by atoms with E-state index in [9.17, 15) is 13.5 Å². The van der Waals surface area contributed by atoms with E-state index in [1.165, 1.54) is 25.2 Å². The molecular formula is C22H29NO4S. The molecule has 6 heteroatoms. The lowest BCUT2D eigenvalue weighted by Gasteiger charge is -2.56. The summed E-state index contributed by atoms with van der Waals surface area (Å²) in [5.41, 5.74) is 1.99. The van der Waals surface area contributed by atoms with Gasteiger partial charge >= 0.3 is 10.3 Å². The Morgan fingerprint density at radius 3 is 2.61 bits per heavy atom. The summed E-state index contributed by atoms with van der Waals surface area (Å²) >= 11 is 0. The minimum Gasteiger partial charge on any atom is -0.385 e. The summed E-state index contributed by atoms with van der Waals surface area (Å²) in [6, 6.07) is 5.78. The van der Waals surface area contributed by atoms with Crippen molar-refractivity contribution in [2.24, 2.45) is 16.7 Å². The molecule has 0 spiro atoms. The van der Waals surface area contributed by atoms with Crippen LogP contribution in [0, 0.1) is 16.7 Å². The van der Waals surface area contributed by atoms with Gasteiger partial charge in [-0.2, -0.15) is 12.7 Å². The smallest absolute Gasteiger partial charge is 0.384 e. The highest BCUT2D eigenvalue weighted by molar-refractivity contribution is 7.84. The van der Waals surface area contributed by atoms with Crippen molar-refractivity contribution >= 4 is 10.3 Å². The lowest BCUT2D eigenvalue weighted by molar-refractivity contribution is -0.0870. The summed E-state index contributed by atoms with van der Waals surface area (Å²) in [7, 11) is -0.806. The molecule has 4 aliphatic rings. The van der Waals surface area contributed by atoms with Gasteiger partial charge in [0.05, 0.1) is 5.60 Å². The molecule has 2 fully saturated rings. The van der Waals surface area contributed by atoms with Crippen molar-refractivity contribution in [3.8, 4) is 5.75 Å². The maximum absolute atomic E-state index is 12.0. The van der Waals surface area contributed by atoms with Crippen molar-refractivity contribution in [1.29, 1.82) is 0 Å². The van der Waals surface area contributed by atoms with Gasteiger partial charge < -0.3 is 9.29 Å². The molecular weight excluding hydrogens is 374 g/mol. The number of nitrogens with zero attached hydrogens (tertiary/aromatic N) is 1. The number of hydrogen-bond donors (Lipinski definition) is 1. The summed E-state index contributed by atoms with van der Waals surface area (Å²) in [6.45, 7) is 2.30. The number of aliphatic hydroxyl groups is 1. The van der Waals surface area contributed by atoms with Crippen molar-refractivity contribution in [3.05, 3.63) is 41.5 Å². The van der Waals surface area contributed by atoms with E-state index >= 15 is 0 Å². The van der Waals surface area contributed by atoms with E-state index in [-0.39, 0.29) is 10.8 Å². The fourth-order valence-electron chi connectivity index (χ4n) is 6.90. The first-order valence-corrected chi connectivity index (χ1v) is 11.7. The Kier molecular flexibility index (Phi) is 3.74. The monoisotopic (exact) mass is 403 g/mol. The van der Waals surface area contributed by atoms with Crippen LogP contribution in [0.4, 0.5) is 0 Å². The number of rotatable bonds is 3. The minimum absolute atomic E-state index is 0.0402. The third-order valence-electron chi connectivity index (χ3n) is 8.55. The van der Waals surface area contributed by atoms with Gasteiger partial charge in [0.2, 0.25) is 0 Å². The largest absolute Gasteiger partial charge is 0.385 e. The molecule has 2 unspecified atom stereocenters. The fourth-order valence-corrected chi connectivity index (χ4v) is 7.39. The van der Waals surface area contributed by atoms with Gasteiger partial charge in [-0.1, -0.05) is 25.1 Å². The first kappa shape index (κ1) is 18.6. The van der Waals surface area contributed by atoms with Crippen LogP contribution in [0.25, 0.3) is 0 Å². The molecule has 0 aliphatic heterocycles. The molecule has 2 saturated carbocycles. The highest BCUT2D eigenvalue weighted by atomic mass is 32.2. The summed E-state index contributed by atoms with van der Waals surface area (Å²) in [5, 5.41) is 11.2. The van der Waals surface area contributed by atoms with Crippen LogP contribution in [0.1, 0.15) is 56.1 Å². The summed E-state index contributed by atoms with van der Waals surface area (Å²) in [5.74, 6) is 1.41. The van der Waals surface area contributed by atoms with Crippen LogP contribution in [0.2, 0.25) is 0 Å². The molecule has 152 valence electrons. The summed E-state index contributed by atoms with van der Waals surface area (Å²) in [6.07, 6.45) is 10.5. The molecule has 4 aliphatic carbocycles. The number of aryl methyl sites for hydroxylation is 1. The molecule has 1 aromatic rings. The third-order valence-corrected chi connectivity index (χ3v) is 9.85. The van der Waals surface area contributed by atoms with Gasteiger partial charge in [-0.25, -0.2) is 0 Å². The lowest BCUT2D eigenvalue weighted by atomic mass is 9.48. The number of hydrogen-bond acceptors (Lipinski definition) is 4. The predicted octanol–water partition coefficient (Wildman–Crippen LogP) is 3.40. The van der Waals surface area contributed by atoms with Crippen LogP contribution >= 0.6 is 0 Å². The Morgan fingerprint density at radius 1 is 1.14 bits per heavy atom. The molecule has 0 aromatic heterocycles. The maximum atomic E-state index is 12.0. The fraction of sp³-hybridized carbons (Fsp3) is 0.636. The molecule has 1 aromatic carbocycles. The van der Waals surface area contributed by atoms with Gasteiger partial charge in [0, 0.05) is 24.9 Å². The van der Waals surface area contributed by atoms with E-state index in [2.05, 4.69) is 25.1 Å². The van der Waals surface area contributed by atoms with E-state index in [1.54, 1.807) is 6.07 Å². The van der Waals surface area contributed by atoms with E-state index in [0.29, 0.717) is 17.6 Å². The molecule has 0 amide bonds. The quantitative estimate of drug-likeness (QED) is 0.786. The predicted molar refractivity (Wildman–Crippen MR) is 107 cm³/mol. The van der Waals surface area contributed by atoms with Crippen molar-refractivity contribution in [1.82, 2.24) is 4.31 Å². The molecule has 1 N–H and O–H groups in total. The standard InChI is InChI=1S/C22H29NO4S/c1-20-9-8-18-17-6-5-16(27-28(25,26)23(2)3)14-15(17)4-7-19(18)21(20)10-12-22(20,24)13-11-21/h5-6,10,12,14,18-19,24H,4,7-9,11,13H2,1-3H3/t18?,19?,20-,21-,22-/m0/s1. The molecule has 0 radical (unpaired) electrons. The van der Waals surface area contributed by atoms with Crippen LogP contribution in [0.3, 0.4) is 0 Å². The van der Waals surface area contributed by atoms with Gasteiger partial charge in [-0.3, -0.25) is 0 Å². The molecule has 0 heterocycles. The number of allylic oxidation sites excluding steroid dienone is 1. The van der Waals surface area contributed by atoms with Crippen molar-refractivity contribution in [2.75, 3.05) is 14.1 Å².